The molecule has 2 N–H and O–H groups in total. The van der Waals surface area contributed by atoms with Crippen molar-refractivity contribution in [1.29, 1.82) is 0 Å². The van der Waals surface area contributed by atoms with E-state index in [4.69, 9.17) is 10.5 Å². The number of hydrogen-bond acceptors (Lipinski definition) is 3. The monoisotopic (exact) mass is 254 g/mol. The molecule has 2 atom stereocenters. The summed E-state index contributed by atoms with van der Waals surface area (Å²) in [5.74, 6) is 0. The molecule has 3 nitrogen and oxygen atoms in total. The summed E-state index contributed by atoms with van der Waals surface area (Å²) in [5.41, 5.74) is 6.07. The Morgan fingerprint density at radius 1 is 1.28 bits per heavy atom. The van der Waals surface area contributed by atoms with Crippen molar-refractivity contribution >= 4 is 0 Å². The second-order valence-electron chi connectivity index (χ2n) is 6.55. The lowest BCUT2D eigenvalue weighted by molar-refractivity contribution is -0.0702. The molecule has 106 valence electrons. The minimum atomic E-state index is 0.269. The summed E-state index contributed by atoms with van der Waals surface area (Å²) in [6.45, 7) is 4.25. The minimum absolute atomic E-state index is 0.269. The Morgan fingerprint density at radius 3 is 2.67 bits per heavy atom. The summed E-state index contributed by atoms with van der Waals surface area (Å²) in [4.78, 5) is 2.38. The van der Waals surface area contributed by atoms with Crippen LogP contribution in [0.5, 0.6) is 0 Å². The summed E-state index contributed by atoms with van der Waals surface area (Å²) < 4.78 is 6.39. The van der Waals surface area contributed by atoms with Gasteiger partial charge >= 0.3 is 0 Å². The molecule has 2 aliphatic rings. The number of rotatable bonds is 5. The molecule has 1 aliphatic carbocycles. The van der Waals surface area contributed by atoms with Gasteiger partial charge in [-0.15, -0.1) is 0 Å². The Hall–Kier alpha value is -0.120. The summed E-state index contributed by atoms with van der Waals surface area (Å²) in [5, 5.41) is 0. The minimum Gasteiger partial charge on any atom is -0.370 e. The highest BCUT2D eigenvalue weighted by Crippen LogP contribution is 2.41. The van der Waals surface area contributed by atoms with Crippen molar-refractivity contribution in [2.24, 2.45) is 5.73 Å². The van der Waals surface area contributed by atoms with E-state index in [2.05, 4.69) is 18.9 Å². The first-order valence-corrected chi connectivity index (χ1v) is 7.72. The second-order valence-corrected chi connectivity index (χ2v) is 6.55. The van der Waals surface area contributed by atoms with Gasteiger partial charge in [0.2, 0.25) is 0 Å². The molecule has 0 aromatic heterocycles. The lowest BCUT2D eigenvalue weighted by Gasteiger charge is -2.34. The van der Waals surface area contributed by atoms with Gasteiger partial charge in [0.25, 0.3) is 0 Å². The average Bonchev–Trinajstić information content (AvgIpc) is 2.70. The van der Waals surface area contributed by atoms with E-state index in [0.29, 0.717) is 12.1 Å². The molecule has 2 fully saturated rings. The van der Waals surface area contributed by atoms with Gasteiger partial charge in [0.05, 0.1) is 11.7 Å². The van der Waals surface area contributed by atoms with Gasteiger partial charge in [-0.1, -0.05) is 19.3 Å². The summed E-state index contributed by atoms with van der Waals surface area (Å²) >= 11 is 0. The Kier molecular flexibility index (Phi) is 5.05. The van der Waals surface area contributed by atoms with Crippen molar-refractivity contribution in [3.8, 4) is 0 Å². The quantitative estimate of drug-likeness (QED) is 0.819. The van der Waals surface area contributed by atoms with Crippen LogP contribution in [0.25, 0.3) is 0 Å². The molecule has 0 bridgehead atoms. The van der Waals surface area contributed by atoms with Gasteiger partial charge in [-0.25, -0.2) is 0 Å². The number of nitrogens with zero attached hydrogens (tertiary/aromatic N) is 1. The van der Waals surface area contributed by atoms with Crippen LogP contribution in [-0.4, -0.2) is 42.8 Å². The summed E-state index contributed by atoms with van der Waals surface area (Å²) in [7, 11) is 2.19. The summed E-state index contributed by atoms with van der Waals surface area (Å²) in [6.07, 6.45) is 10.8. The molecule has 2 rings (SSSR count). The van der Waals surface area contributed by atoms with Crippen LogP contribution < -0.4 is 5.73 Å². The van der Waals surface area contributed by atoms with E-state index in [0.717, 1.165) is 19.5 Å². The molecule has 3 heteroatoms. The second kappa shape index (κ2) is 6.36. The van der Waals surface area contributed by atoms with E-state index in [1.54, 1.807) is 0 Å². The highest BCUT2D eigenvalue weighted by atomic mass is 16.5. The third kappa shape index (κ3) is 3.94. The number of nitrogens with two attached hydrogens (primary N) is 1. The van der Waals surface area contributed by atoms with Crippen LogP contribution >= 0.6 is 0 Å². The fourth-order valence-electron chi connectivity index (χ4n) is 3.45. The average molecular weight is 254 g/mol. The molecule has 18 heavy (non-hydrogen) atoms. The fraction of sp³-hybridized carbons (Fsp3) is 1.00. The van der Waals surface area contributed by atoms with Gasteiger partial charge in [0.15, 0.2) is 0 Å². The molecule has 1 saturated carbocycles. The molecule has 1 aliphatic heterocycles. The SMILES string of the molecule is CC(N)CCN(C)CC1CCC2(CCCCC2)O1. The zero-order valence-corrected chi connectivity index (χ0v) is 12.2. The molecule has 0 radical (unpaired) electrons. The first-order chi connectivity index (χ1) is 8.60. The maximum Gasteiger partial charge on any atom is 0.0710 e. The van der Waals surface area contributed by atoms with E-state index in [1.807, 2.05) is 0 Å². The van der Waals surface area contributed by atoms with Crippen molar-refractivity contribution in [3.63, 3.8) is 0 Å². The van der Waals surface area contributed by atoms with Gasteiger partial charge in [0.1, 0.15) is 0 Å². The van der Waals surface area contributed by atoms with Crippen LogP contribution in [0.3, 0.4) is 0 Å². The molecule has 2 unspecified atom stereocenters. The zero-order chi connectivity index (χ0) is 13.0. The van der Waals surface area contributed by atoms with Crippen molar-refractivity contribution in [2.75, 3.05) is 20.1 Å². The van der Waals surface area contributed by atoms with Gasteiger partial charge in [-0.3, -0.25) is 0 Å². The van der Waals surface area contributed by atoms with Gasteiger partial charge in [-0.05, 0) is 52.6 Å². The Labute approximate surface area is 112 Å². The maximum atomic E-state index is 6.39. The van der Waals surface area contributed by atoms with Crippen LogP contribution in [0.1, 0.15) is 58.3 Å². The Bertz CT molecular complexity index is 249. The van der Waals surface area contributed by atoms with Crippen LogP contribution in [-0.2, 0) is 4.74 Å². The number of likely N-dealkylation sites (N-methyl/N-ethyl adjacent to an activating group) is 1. The summed E-state index contributed by atoms with van der Waals surface area (Å²) in [6, 6.07) is 0.307. The predicted molar refractivity (Wildman–Crippen MR) is 75.7 cm³/mol. The zero-order valence-electron chi connectivity index (χ0n) is 12.2. The van der Waals surface area contributed by atoms with E-state index >= 15 is 0 Å². The Morgan fingerprint density at radius 2 is 2.00 bits per heavy atom. The smallest absolute Gasteiger partial charge is 0.0710 e. The molecule has 1 spiro atoms. The van der Waals surface area contributed by atoms with Crippen molar-refractivity contribution in [3.05, 3.63) is 0 Å². The predicted octanol–water partition coefficient (Wildman–Crippen LogP) is 2.54. The topological polar surface area (TPSA) is 38.5 Å². The third-order valence-electron chi connectivity index (χ3n) is 4.58. The van der Waals surface area contributed by atoms with Crippen LogP contribution in [0.2, 0.25) is 0 Å². The van der Waals surface area contributed by atoms with E-state index in [-0.39, 0.29) is 5.60 Å². The number of ether oxygens (including phenoxy) is 1. The molecule has 0 aromatic rings. The fourth-order valence-corrected chi connectivity index (χ4v) is 3.45. The highest BCUT2D eigenvalue weighted by molar-refractivity contribution is 4.91. The third-order valence-corrected chi connectivity index (χ3v) is 4.58. The van der Waals surface area contributed by atoms with Crippen molar-refractivity contribution in [2.45, 2.75) is 76.0 Å². The van der Waals surface area contributed by atoms with E-state index < -0.39 is 0 Å². The highest BCUT2D eigenvalue weighted by Gasteiger charge is 2.40. The lowest BCUT2D eigenvalue weighted by atomic mass is 9.83. The molecule has 1 saturated heterocycles. The molecular formula is C15H30N2O. The standard InChI is InChI=1S/C15H30N2O/c1-13(16)7-11-17(2)12-14-6-10-15(18-14)8-4-3-5-9-15/h13-14H,3-12,16H2,1-2H3. The van der Waals surface area contributed by atoms with Crippen LogP contribution in [0.15, 0.2) is 0 Å². The van der Waals surface area contributed by atoms with Crippen molar-refractivity contribution in [1.82, 2.24) is 4.90 Å². The van der Waals surface area contributed by atoms with Gasteiger partial charge < -0.3 is 15.4 Å². The maximum absolute atomic E-state index is 6.39. The normalized spacial score (nSPS) is 29.0. The van der Waals surface area contributed by atoms with Crippen LogP contribution in [0.4, 0.5) is 0 Å². The van der Waals surface area contributed by atoms with Crippen LogP contribution in [0, 0.1) is 0 Å². The molecular weight excluding hydrogens is 224 g/mol. The first kappa shape index (κ1) is 14.3. The van der Waals surface area contributed by atoms with E-state index in [1.165, 1.54) is 44.9 Å². The Balaban J connectivity index is 1.71. The first-order valence-electron chi connectivity index (χ1n) is 7.72. The van der Waals surface area contributed by atoms with Crippen molar-refractivity contribution < 1.29 is 4.74 Å². The largest absolute Gasteiger partial charge is 0.370 e. The molecule has 0 amide bonds. The van der Waals surface area contributed by atoms with Gasteiger partial charge in [-0.2, -0.15) is 0 Å². The number of hydrogen-bond donors (Lipinski definition) is 1. The lowest BCUT2D eigenvalue weighted by Crippen LogP contribution is -2.36. The molecule has 1 heterocycles. The molecule has 0 aromatic carbocycles. The van der Waals surface area contributed by atoms with E-state index in [9.17, 15) is 0 Å². The van der Waals surface area contributed by atoms with Gasteiger partial charge in [0, 0.05) is 12.6 Å².